The molecule has 24 heavy (non-hydrogen) atoms. The third-order valence-corrected chi connectivity index (χ3v) is 5.66. The van der Waals surface area contributed by atoms with Gasteiger partial charge in [0.1, 0.15) is 0 Å². The van der Waals surface area contributed by atoms with Crippen LogP contribution in [0.3, 0.4) is 0 Å². The molecule has 0 aromatic rings. The fraction of sp³-hybridized carbons (Fsp3) is 0.889. The Kier molecular flexibility index (Phi) is 5.98. The first kappa shape index (κ1) is 17.5. The molecule has 1 heterocycles. The Labute approximate surface area is 145 Å². The number of nitrogens with zero attached hydrogens (tertiary/aromatic N) is 1. The summed E-state index contributed by atoms with van der Waals surface area (Å²) in [5, 5.41) is 9.32. The van der Waals surface area contributed by atoms with Gasteiger partial charge in [0.25, 0.3) is 0 Å². The van der Waals surface area contributed by atoms with Crippen molar-refractivity contribution in [2.45, 2.75) is 88.9 Å². The molecule has 1 unspecified atom stereocenters. The highest BCUT2D eigenvalue weighted by molar-refractivity contribution is 5.81. The molecule has 1 atom stereocenters. The van der Waals surface area contributed by atoms with Crippen molar-refractivity contribution in [2.75, 3.05) is 13.1 Å². The number of carbonyl (C=O) groups is 2. The third kappa shape index (κ3) is 5.10. The van der Waals surface area contributed by atoms with E-state index in [2.05, 4.69) is 20.9 Å². The zero-order valence-corrected chi connectivity index (χ0v) is 14.9. The second-order valence-corrected chi connectivity index (χ2v) is 7.72. The van der Waals surface area contributed by atoms with Crippen LogP contribution in [0.15, 0.2) is 0 Å². The van der Waals surface area contributed by atoms with E-state index in [1.54, 1.807) is 0 Å². The molecule has 2 saturated carbocycles. The Balaban J connectivity index is 1.35. The van der Waals surface area contributed by atoms with E-state index in [9.17, 15) is 9.59 Å². The highest BCUT2D eigenvalue weighted by Crippen LogP contribution is 2.20. The number of hydrogen-bond acceptors (Lipinski definition) is 3. The maximum atomic E-state index is 12.1. The second-order valence-electron chi connectivity index (χ2n) is 7.72. The number of nitrogens with one attached hydrogen (secondary N) is 3. The summed E-state index contributed by atoms with van der Waals surface area (Å²) >= 11 is 0. The Bertz CT molecular complexity index is 438. The summed E-state index contributed by atoms with van der Waals surface area (Å²) in [6, 6.07) is 0.915. The van der Waals surface area contributed by atoms with Gasteiger partial charge in [0.2, 0.25) is 5.91 Å². The van der Waals surface area contributed by atoms with Crippen LogP contribution in [0.2, 0.25) is 0 Å². The predicted molar refractivity (Wildman–Crippen MR) is 93.8 cm³/mol. The number of piperidine rings is 1. The molecule has 0 radical (unpaired) electrons. The van der Waals surface area contributed by atoms with Gasteiger partial charge >= 0.3 is 6.03 Å². The Morgan fingerprint density at radius 2 is 1.33 bits per heavy atom. The standard InChI is InChI=1S/C18H32N4O2/c1-13(17(23)19-15-7-8-15)22-11-9-16(10-12-22)21-18(24)20-14-5-3-2-4-6-14/h13-16H,2-12H2,1H3,(H,19,23)(H2,20,21,24). The largest absolute Gasteiger partial charge is 0.352 e. The zero-order valence-electron chi connectivity index (χ0n) is 14.9. The van der Waals surface area contributed by atoms with Gasteiger partial charge < -0.3 is 16.0 Å². The zero-order chi connectivity index (χ0) is 16.9. The highest BCUT2D eigenvalue weighted by atomic mass is 16.2. The van der Waals surface area contributed by atoms with E-state index in [1.807, 2.05) is 6.92 Å². The molecule has 0 aromatic heterocycles. The average molecular weight is 336 g/mol. The van der Waals surface area contributed by atoms with Gasteiger partial charge in [0.05, 0.1) is 6.04 Å². The third-order valence-electron chi connectivity index (χ3n) is 5.66. The van der Waals surface area contributed by atoms with Crippen LogP contribution in [0.25, 0.3) is 0 Å². The maximum absolute atomic E-state index is 12.1. The van der Waals surface area contributed by atoms with Crippen LogP contribution < -0.4 is 16.0 Å². The number of amides is 3. The van der Waals surface area contributed by atoms with Crippen molar-refractivity contribution in [3.05, 3.63) is 0 Å². The molecular formula is C18H32N4O2. The topological polar surface area (TPSA) is 73.5 Å². The minimum atomic E-state index is -0.0670. The van der Waals surface area contributed by atoms with Crippen LogP contribution in [0.4, 0.5) is 4.79 Å². The van der Waals surface area contributed by atoms with Crippen molar-refractivity contribution in [1.29, 1.82) is 0 Å². The summed E-state index contributed by atoms with van der Waals surface area (Å²) < 4.78 is 0. The van der Waals surface area contributed by atoms with Crippen LogP contribution in [-0.4, -0.2) is 54.1 Å². The molecule has 1 saturated heterocycles. The van der Waals surface area contributed by atoms with Crippen molar-refractivity contribution in [3.8, 4) is 0 Å². The van der Waals surface area contributed by atoms with Crippen molar-refractivity contribution >= 4 is 11.9 Å². The molecule has 136 valence electrons. The Morgan fingerprint density at radius 3 is 1.92 bits per heavy atom. The van der Waals surface area contributed by atoms with Gasteiger partial charge in [-0.15, -0.1) is 0 Å². The normalized spacial score (nSPS) is 25.0. The molecule has 0 aromatic carbocycles. The lowest BCUT2D eigenvalue weighted by atomic mass is 9.96. The molecule has 0 spiro atoms. The van der Waals surface area contributed by atoms with Gasteiger partial charge in [-0.05, 0) is 45.4 Å². The van der Waals surface area contributed by atoms with Gasteiger partial charge in [-0.2, -0.15) is 0 Å². The molecule has 3 rings (SSSR count). The lowest BCUT2D eigenvalue weighted by Crippen LogP contribution is -2.53. The molecule has 6 nitrogen and oxygen atoms in total. The molecule has 3 fully saturated rings. The van der Waals surface area contributed by atoms with E-state index in [1.165, 1.54) is 19.3 Å². The van der Waals surface area contributed by atoms with Gasteiger partial charge in [-0.25, -0.2) is 4.79 Å². The van der Waals surface area contributed by atoms with E-state index < -0.39 is 0 Å². The lowest BCUT2D eigenvalue weighted by molar-refractivity contribution is -0.126. The summed E-state index contributed by atoms with van der Waals surface area (Å²) in [5.74, 6) is 0.152. The minimum Gasteiger partial charge on any atom is -0.352 e. The smallest absolute Gasteiger partial charge is 0.315 e. The highest BCUT2D eigenvalue weighted by Gasteiger charge is 2.30. The maximum Gasteiger partial charge on any atom is 0.315 e. The molecule has 0 bridgehead atoms. The number of urea groups is 1. The molecule has 3 aliphatic rings. The SMILES string of the molecule is CC(C(=O)NC1CC1)N1CCC(NC(=O)NC2CCCCC2)CC1. The van der Waals surface area contributed by atoms with Crippen LogP contribution >= 0.6 is 0 Å². The monoisotopic (exact) mass is 336 g/mol. The van der Waals surface area contributed by atoms with E-state index in [0.717, 1.165) is 51.6 Å². The summed E-state index contributed by atoms with van der Waals surface area (Å²) in [6.07, 6.45) is 10.1. The Morgan fingerprint density at radius 1 is 0.792 bits per heavy atom. The van der Waals surface area contributed by atoms with Crippen LogP contribution in [0.1, 0.15) is 64.7 Å². The van der Waals surface area contributed by atoms with Crippen molar-refractivity contribution in [2.24, 2.45) is 0 Å². The number of hydrogen-bond donors (Lipinski definition) is 3. The van der Waals surface area contributed by atoms with Crippen LogP contribution in [0.5, 0.6) is 0 Å². The first-order chi connectivity index (χ1) is 11.6. The molecule has 6 heteroatoms. The average Bonchev–Trinajstić information content (AvgIpc) is 3.39. The van der Waals surface area contributed by atoms with E-state index in [0.29, 0.717) is 12.1 Å². The summed E-state index contributed by atoms with van der Waals surface area (Å²) in [7, 11) is 0. The number of carbonyl (C=O) groups excluding carboxylic acids is 2. The van der Waals surface area contributed by atoms with Gasteiger partial charge in [-0.1, -0.05) is 19.3 Å². The molecule has 2 aliphatic carbocycles. The fourth-order valence-electron chi connectivity index (χ4n) is 3.81. The van der Waals surface area contributed by atoms with E-state index in [-0.39, 0.29) is 24.0 Å². The van der Waals surface area contributed by atoms with E-state index in [4.69, 9.17) is 0 Å². The lowest BCUT2D eigenvalue weighted by Gasteiger charge is -2.35. The van der Waals surface area contributed by atoms with Crippen LogP contribution in [0, 0.1) is 0 Å². The van der Waals surface area contributed by atoms with Crippen molar-refractivity contribution < 1.29 is 9.59 Å². The first-order valence-corrected chi connectivity index (χ1v) is 9.73. The molecular weight excluding hydrogens is 304 g/mol. The molecule has 3 N–H and O–H groups in total. The van der Waals surface area contributed by atoms with Crippen molar-refractivity contribution in [3.63, 3.8) is 0 Å². The number of likely N-dealkylation sites (tertiary alicyclic amines) is 1. The van der Waals surface area contributed by atoms with Gasteiger partial charge in [0, 0.05) is 31.2 Å². The second kappa shape index (κ2) is 8.19. The fourth-order valence-corrected chi connectivity index (χ4v) is 3.81. The van der Waals surface area contributed by atoms with Gasteiger partial charge in [0.15, 0.2) is 0 Å². The van der Waals surface area contributed by atoms with Crippen LogP contribution in [-0.2, 0) is 4.79 Å². The molecule has 1 aliphatic heterocycles. The van der Waals surface area contributed by atoms with Crippen molar-refractivity contribution in [1.82, 2.24) is 20.9 Å². The Hall–Kier alpha value is -1.30. The number of rotatable bonds is 5. The molecule has 3 amide bonds. The minimum absolute atomic E-state index is 0.0140. The first-order valence-electron chi connectivity index (χ1n) is 9.73. The van der Waals surface area contributed by atoms with E-state index >= 15 is 0 Å². The summed E-state index contributed by atoms with van der Waals surface area (Å²) in [4.78, 5) is 26.5. The van der Waals surface area contributed by atoms with Gasteiger partial charge in [-0.3, -0.25) is 9.69 Å². The summed E-state index contributed by atoms with van der Waals surface area (Å²) in [6.45, 7) is 3.72. The quantitative estimate of drug-likeness (QED) is 0.716. The predicted octanol–water partition coefficient (Wildman–Crippen LogP) is 1.75. The summed E-state index contributed by atoms with van der Waals surface area (Å²) in [5.41, 5.74) is 0.